The topological polar surface area (TPSA) is 94.0 Å². The van der Waals surface area contributed by atoms with Gasteiger partial charge in [0.25, 0.3) is 0 Å². The van der Waals surface area contributed by atoms with Crippen molar-refractivity contribution in [2.45, 2.75) is 6.04 Å². The van der Waals surface area contributed by atoms with Gasteiger partial charge in [0.1, 0.15) is 18.7 Å². The van der Waals surface area contributed by atoms with E-state index in [1.165, 1.54) is 6.33 Å². The van der Waals surface area contributed by atoms with Crippen LogP contribution in [0.15, 0.2) is 36.9 Å². The molecule has 0 aliphatic heterocycles. The highest BCUT2D eigenvalue weighted by molar-refractivity contribution is 5.75. The number of hydrogen-bond acceptors (Lipinski definition) is 4. The molecule has 1 atom stereocenters. The van der Waals surface area contributed by atoms with Gasteiger partial charge in [-0.25, -0.2) is 9.67 Å². The maximum Gasteiger partial charge on any atom is 0.325 e. The Kier molecular flexibility index (Phi) is 2.65. The van der Waals surface area contributed by atoms with Crippen molar-refractivity contribution in [3.8, 4) is 5.69 Å². The van der Waals surface area contributed by atoms with Crippen LogP contribution in [0.3, 0.4) is 0 Å². The predicted octanol–water partition coefficient (Wildman–Crippen LogP) is 0.352. The lowest BCUT2D eigenvalue weighted by Gasteiger charge is -2.07. The Morgan fingerprint density at radius 2 is 2.06 bits per heavy atom. The van der Waals surface area contributed by atoms with Gasteiger partial charge in [-0.05, 0) is 17.7 Å². The quantitative estimate of drug-likeness (QED) is 0.775. The third-order valence-electron chi connectivity index (χ3n) is 2.20. The van der Waals surface area contributed by atoms with Crippen molar-refractivity contribution in [3.05, 3.63) is 42.5 Å². The molecule has 3 N–H and O–H groups in total. The van der Waals surface area contributed by atoms with Crippen LogP contribution in [0.5, 0.6) is 0 Å². The minimum absolute atomic E-state index is 0.552. The van der Waals surface area contributed by atoms with Crippen molar-refractivity contribution in [1.82, 2.24) is 14.8 Å². The van der Waals surface area contributed by atoms with Gasteiger partial charge >= 0.3 is 5.97 Å². The van der Waals surface area contributed by atoms with Gasteiger partial charge in [-0.15, -0.1) is 0 Å². The molecule has 0 saturated carbocycles. The first-order valence-electron chi connectivity index (χ1n) is 4.62. The van der Waals surface area contributed by atoms with E-state index in [4.69, 9.17) is 10.8 Å². The summed E-state index contributed by atoms with van der Waals surface area (Å²) in [6.07, 6.45) is 2.99. The van der Waals surface area contributed by atoms with Crippen LogP contribution in [0, 0.1) is 0 Å². The first-order chi connectivity index (χ1) is 7.68. The van der Waals surface area contributed by atoms with Crippen LogP contribution in [-0.2, 0) is 4.79 Å². The van der Waals surface area contributed by atoms with Crippen LogP contribution >= 0.6 is 0 Å². The number of nitrogens with two attached hydrogens (primary N) is 1. The molecule has 0 amide bonds. The zero-order valence-corrected chi connectivity index (χ0v) is 8.32. The van der Waals surface area contributed by atoms with Gasteiger partial charge in [0, 0.05) is 0 Å². The normalized spacial score (nSPS) is 12.3. The number of carbonyl (C=O) groups is 1. The highest BCUT2D eigenvalue weighted by atomic mass is 16.4. The zero-order chi connectivity index (χ0) is 11.5. The summed E-state index contributed by atoms with van der Waals surface area (Å²) in [5, 5.41) is 12.7. The van der Waals surface area contributed by atoms with E-state index >= 15 is 0 Å². The first kappa shape index (κ1) is 10.3. The van der Waals surface area contributed by atoms with Gasteiger partial charge in [-0.1, -0.05) is 12.1 Å². The summed E-state index contributed by atoms with van der Waals surface area (Å²) >= 11 is 0. The molecular weight excluding hydrogens is 208 g/mol. The molecule has 6 nitrogen and oxygen atoms in total. The Balaban J connectivity index is 2.26. The maximum atomic E-state index is 10.7. The van der Waals surface area contributed by atoms with E-state index in [0.29, 0.717) is 5.56 Å². The van der Waals surface area contributed by atoms with E-state index < -0.39 is 12.0 Å². The van der Waals surface area contributed by atoms with Crippen molar-refractivity contribution < 1.29 is 9.90 Å². The lowest BCUT2D eigenvalue weighted by atomic mass is 10.1. The number of carboxylic acid groups (broad SMARTS) is 1. The molecule has 1 aromatic carbocycles. The Morgan fingerprint density at radius 1 is 1.38 bits per heavy atom. The number of hydrogen-bond donors (Lipinski definition) is 2. The lowest BCUT2D eigenvalue weighted by molar-refractivity contribution is -0.138. The minimum atomic E-state index is -1.05. The standard InChI is InChI=1S/C10H10N4O2/c11-9(10(15)16)7-1-3-8(4-2-7)14-6-12-5-13-14/h1-6,9H,11H2,(H,15,16)/t9-/m1/s1. The number of nitrogens with zero attached hydrogens (tertiary/aromatic N) is 3. The Labute approximate surface area is 91.3 Å². The summed E-state index contributed by atoms with van der Waals surface area (Å²) in [5.41, 5.74) is 6.83. The second-order valence-corrected chi connectivity index (χ2v) is 3.25. The van der Waals surface area contributed by atoms with Gasteiger partial charge in [0.15, 0.2) is 0 Å². The van der Waals surface area contributed by atoms with Gasteiger partial charge in [-0.3, -0.25) is 4.79 Å². The Bertz CT molecular complexity index is 478. The van der Waals surface area contributed by atoms with Crippen molar-refractivity contribution in [2.75, 3.05) is 0 Å². The summed E-state index contributed by atoms with van der Waals surface area (Å²) in [5.74, 6) is -1.05. The van der Waals surface area contributed by atoms with E-state index in [0.717, 1.165) is 5.69 Å². The second kappa shape index (κ2) is 4.11. The van der Waals surface area contributed by atoms with E-state index in [2.05, 4.69) is 10.1 Å². The van der Waals surface area contributed by atoms with Crippen molar-refractivity contribution in [1.29, 1.82) is 0 Å². The minimum Gasteiger partial charge on any atom is -0.480 e. The molecule has 0 fully saturated rings. The van der Waals surface area contributed by atoms with Crippen molar-refractivity contribution in [2.24, 2.45) is 5.73 Å². The number of carboxylic acids is 1. The highest BCUT2D eigenvalue weighted by Gasteiger charge is 2.13. The molecule has 2 rings (SSSR count). The fourth-order valence-corrected chi connectivity index (χ4v) is 1.32. The summed E-state index contributed by atoms with van der Waals surface area (Å²) in [6, 6.07) is 5.82. The average molecular weight is 218 g/mol. The average Bonchev–Trinajstić information content (AvgIpc) is 2.81. The van der Waals surface area contributed by atoms with Crippen LogP contribution in [0.4, 0.5) is 0 Å². The smallest absolute Gasteiger partial charge is 0.325 e. The predicted molar refractivity (Wildman–Crippen MR) is 55.9 cm³/mol. The van der Waals surface area contributed by atoms with Crippen molar-refractivity contribution >= 4 is 5.97 Å². The monoisotopic (exact) mass is 218 g/mol. The van der Waals surface area contributed by atoms with Crippen molar-refractivity contribution in [3.63, 3.8) is 0 Å². The SMILES string of the molecule is N[C@@H](C(=O)O)c1ccc(-n2cncn2)cc1. The van der Waals surface area contributed by atoms with E-state index in [9.17, 15) is 4.79 Å². The summed E-state index contributed by atoms with van der Waals surface area (Å²) in [7, 11) is 0. The Morgan fingerprint density at radius 3 is 2.56 bits per heavy atom. The molecule has 0 aliphatic carbocycles. The molecule has 16 heavy (non-hydrogen) atoms. The Hall–Kier alpha value is -2.21. The van der Waals surface area contributed by atoms with Crippen LogP contribution in [0.1, 0.15) is 11.6 Å². The summed E-state index contributed by atoms with van der Waals surface area (Å²) in [4.78, 5) is 14.5. The third-order valence-corrected chi connectivity index (χ3v) is 2.20. The summed E-state index contributed by atoms with van der Waals surface area (Å²) < 4.78 is 1.58. The molecule has 1 heterocycles. The van der Waals surface area contributed by atoms with Crippen LogP contribution in [0.25, 0.3) is 5.69 Å². The molecule has 0 unspecified atom stereocenters. The molecule has 82 valence electrons. The highest BCUT2D eigenvalue weighted by Crippen LogP contribution is 2.13. The van der Waals surface area contributed by atoms with E-state index in [-0.39, 0.29) is 0 Å². The molecular formula is C10H10N4O2. The summed E-state index contributed by atoms with van der Waals surface area (Å²) in [6.45, 7) is 0. The lowest BCUT2D eigenvalue weighted by Crippen LogP contribution is -2.20. The van der Waals surface area contributed by atoms with E-state index in [1.54, 1.807) is 35.3 Å². The zero-order valence-electron chi connectivity index (χ0n) is 8.32. The third kappa shape index (κ3) is 1.91. The molecule has 0 spiro atoms. The number of benzene rings is 1. The second-order valence-electron chi connectivity index (χ2n) is 3.25. The fourth-order valence-electron chi connectivity index (χ4n) is 1.32. The maximum absolute atomic E-state index is 10.7. The van der Waals surface area contributed by atoms with Gasteiger partial charge in [0.2, 0.25) is 0 Å². The van der Waals surface area contributed by atoms with Crippen LogP contribution in [-0.4, -0.2) is 25.8 Å². The number of aromatic nitrogens is 3. The number of aliphatic carboxylic acids is 1. The molecule has 0 saturated heterocycles. The first-order valence-corrected chi connectivity index (χ1v) is 4.62. The largest absolute Gasteiger partial charge is 0.480 e. The number of rotatable bonds is 3. The molecule has 2 aromatic rings. The van der Waals surface area contributed by atoms with Crippen LogP contribution < -0.4 is 5.73 Å². The van der Waals surface area contributed by atoms with E-state index in [1.807, 2.05) is 0 Å². The van der Waals surface area contributed by atoms with Gasteiger partial charge in [-0.2, -0.15) is 5.10 Å². The van der Waals surface area contributed by atoms with Gasteiger partial charge in [0.05, 0.1) is 5.69 Å². The fraction of sp³-hybridized carbons (Fsp3) is 0.100. The van der Waals surface area contributed by atoms with Crippen LogP contribution in [0.2, 0.25) is 0 Å². The molecule has 0 aliphatic rings. The molecule has 0 radical (unpaired) electrons. The molecule has 0 bridgehead atoms. The molecule has 6 heteroatoms. The van der Waals surface area contributed by atoms with Gasteiger partial charge < -0.3 is 10.8 Å². The molecule has 1 aromatic heterocycles.